The summed E-state index contributed by atoms with van der Waals surface area (Å²) < 4.78 is 22.6. The number of benzene rings is 2. The van der Waals surface area contributed by atoms with E-state index in [4.69, 9.17) is 18.9 Å². The van der Waals surface area contributed by atoms with Gasteiger partial charge in [-0.2, -0.15) is 0 Å². The minimum absolute atomic E-state index is 0.169. The lowest BCUT2D eigenvalue weighted by Crippen LogP contribution is -2.49. The molecule has 1 N–H and O–H groups in total. The molecule has 8 nitrogen and oxygen atoms in total. The number of likely N-dealkylation sites (tertiary alicyclic amines) is 1. The van der Waals surface area contributed by atoms with E-state index >= 15 is 0 Å². The molecule has 0 radical (unpaired) electrons. The smallest absolute Gasteiger partial charge is 0.412 e. The van der Waals surface area contributed by atoms with Gasteiger partial charge in [-0.05, 0) is 42.5 Å². The largest absolute Gasteiger partial charge is 0.490 e. The van der Waals surface area contributed by atoms with Gasteiger partial charge in [-0.25, -0.2) is 4.79 Å². The summed E-state index contributed by atoms with van der Waals surface area (Å²) >= 11 is 0. The first-order chi connectivity index (χ1) is 16.6. The Kier molecular flexibility index (Phi) is 8.62. The van der Waals surface area contributed by atoms with Crippen molar-refractivity contribution in [1.29, 1.82) is 0 Å². The molecule has 184 valence electrons. The molecule has 8 heteroatoms. The van der Waals surface area contributed by atoms with E-state index in [-0.39, 0.29) is 12.7 Å². The van der Waals surface area contributed by atoms with Crippen molar-refractivity contribution >= 4 is 11.8 Å². The first-order valence-electron chi connectivity index (χ1n) is 11.9. The summed E-state index contributed by atoms with van der Waals surface area (Å²) in [4.78, 5) is 16.2. The Hall–Kier alpha value is -2.81. The molecule has 1 amide bonds. The van der Waals surface area contributed by atoms with Crippen molar-refractivity contribution in [1.82, 2.24) is 4.90 Å². The van der Waals surface area contributed by atoms with Crippen LogP contribution in [0.5, 0.6) is 5.75 Å². The second-order valence-electron chi connectivity index (χ2n) is 8.67. The van der Waals surface area contributed by atoms with E-state index in [0.29, 0.717) is 32.6 Å². The predicted molar refractivity (Wildman–Crippen MR) is 128 cm³/mol. The van der Waals surface area contributed by atoms with Crippen LogP contribution in [-0.4, -0.2) is 68.4 Å². The molecule has 0 spiro atoms. The number of hydrogen-bond acceptors (Lipinski definition) is 7. The van der Waals surface area contributed by atoms with Crippen molar-refractivity contribution in [3.63, 3.8) is 0 Å². The fourth-order valence-corrected chi connectivity index (χ4v) is 4.31. The van der Waals surface area contributed by atoms with E-state index in [0.717, 1.165) is 48.7 Å². The van der Waals surface area contributed by atoms with Gasteiger partial charge >= 0.3 is 6.09 Å². The van der Waals surface area contributed by atoms with Crippen LogP contribution in [-0.2, 0) is 27.4 Å². The molecule has 0 aliphatic carbocycles. The monoisotopic (exact) mass is 470 g/mol. The molecule has 2 aromatic carbocycles. The van der Waals surface area contributed by atoms with Crippen molar-refractivity contribution in [2.45, 2.75) is 44.8 Å². The predicted octanol–water partition coefficient (Wildman–Crippen LogP) is 3.56. The number of amides is 1. The zero-order valence-electron chi connectivity index (χ0n) is 19.7. The minimum atomic E-state index is -0.857. The molecule has 4 rings (SSSR count). The van der Waals surface area contributed by atoms with Gasteiger partial charge in [0.25, 0.3) is 0 Å². The highest BCUT2D eigenvalue weighted by molar-refractivity contribution is 5.68. The van der Waals surface area contributed by atoms with Crippen LogP contribution in [0.1, 0.15) is 30.4 Å². The maximum absolute atomic E-state index is 12.6. The van der Waals surface area contributed by atoms with E-state index in [2.05, 4.69) is 11.0 Å². The number of methoxy groups -OCH3 is 1. The van der Waals surface area contributed by atoms with Gasteiger partial charge in [0, 0.05) is 20.3 Å². The van der Waals surface area contributed by atoms with Crippen molar-refractivity contribution < 1.29 is 28.8 Å². The van der Waals surface area contributed by atoms with Crippen LogP contribution in [0.2, 0.25) is 0 Å². The number of carbonyl (C=O) groups excluding carboxylic acids is 1. The molecular formula is C26H34N2O6. The molecule has 0 aromatic heterocycles. The Morgan fingerprint density at radius 2 is 1.97 bits per heavy atom. The van der Waals surface area contributed by atoms with Crippen molar-refractivity contribution in [3.05, 3.63) is 59.7 Å². The number of anilines is 1. The molecule has 1 saturated heterocycles. The standard InChI is InChI=1S/C26H34N2O6/c1-31-14-5-12-27-13-15-32-24-10-8-21(16-23(24)27)19-33-22-9-11-25(29)28(17-22)26(30)34-18-20-6-3-2-4-7-20/h2-4,6-8,10,16,22,25,29H,5,9,11-15,17-19H2,1H3. The molecule has 2 aliphatic heterocycles. The van der Waals surface area contributed by atoms with Crippen LogP contribution in [0.4, 0.5) is 10.5 Å². The Morgan fingerprint density at radius 3 is 2.79 bits per heavy atom. The molecule has 2 unspecified atom stereocenters. The summed E-state index contributed by atoms with van der Waals surface area (Å²) in [6.45, 7) is 4.06. The fraction of sp³-hybridized carbons (Fsp3) is 0.500. The summed E-state index contributed by atoms with van der Waals surface area (Å²) in [5, 5.41) is 10.3. The number of nitrogens with zero attached hydrogens (tertiary/aromatic N) is 2. The molecule has 0 saturated carbocycles. The quantitative estimate of drug-likeness (QED) is 0.561. The number of carbonyl (C=O) groups is 1. The first-order valence-corrected chi connectivity index (χ1v) is 11.9. The molecule has 2 heterocycles. The lowest BCUT2D eigenvalue weighted by molar-refractivity contribution is -0.0828. The Labute approximate surface area is 201 Å². The summed E-state index contributed by atoms with van der Waals surface area (Å²) in [6, 6.07) is 15.6. The molecule has 2 aliphatic rings. The Morgan fingerprint density at radius 1 is 1.12 bits per heavy atom. The lowest BCUT2D eigenvalue weighted by atomic mass is 10.1. The summed E-state index contributed by atoms with van der Waals surface area (Å²) in [5.74, 6) is 0.889. The second kappa shape index (κ2) is 12.1. The average Bonchev–Trinajstić information content (AvgIpc) is 2.87. The zero-order valence-corrected chi connectivity index (χ0v) is 19.7. The van der Waals surface area contributed by atoms with Gasteiger partial charge in [0.2, 0.25) is 0 Å². The average molecular weight is 471 g/mol. The first kappa shape index (κ1) is 24.3. The van der Waals surface area contributed by atoms with Crippen LogP contribution >= 0.6 is 0 Å². The fourth-order valence-electron chi connectivity index (χ4n) is 4.31. The van der Waals surface area contributed by atoms with E-state index in [1.165, 1.54) is 4.90 Å². The maximum atomic E-state index is 12.6. The van der Waals surface area contributed by atoms with Gasteiger partial charge in [0.05, 0.1) is 31.5 Å². The molecule has 34 heavy (non-hydrogen) atoms. The minimum Gasteiger partial charge on any atom is -0.490 e. The van der Waals surface area contributed by atoms with Crippen molar-refractivity contribution in [2.24, 2.45) is 0 Å². The highest BCUT2D eigenvalue weighted by Gasteiger charge is 2.32. The number of piperidine rings is 1. The number of hydrogen-bond donors (Lipinski definition) is 1. The highest BCUT2D eigenvalue weighted by atomic mass is 16.6. The van der Waals surface area contributed by atoms with Gasteiger partial charge < -0.3 is 29.0 Å². The van der Waals surface area contributed by atoms with Gasteiger partial charge in [-0.1, -0.05) is 36.4 Å². The number of aliphatic hydroxyl groups excluding tert-OH is 1. The summed E-state index contributed by atoms with van der Waals surface area (Å²) in [5.41, 5.74) is 3.03. The third-order valence-corrected chi connectivity index (χ3v) is 6.19. The van der Waals surface area contributed by atoms with Crippen LogP contribution in [0.25, 0.3) is 0 Å². The van der Waals surface area contributed by atoms with Crippen molar-refractivity contribution in [3.8, 4) is 5.75 Å². The Balaban J connectivity index is 1.31. The van der Waals surface area contributed by atoms with Gasteiger partial charge in [0.1, 0.15) is 25.2 Å². The van der Waals surface area contributed by atoms with Crippen LogP contribution in [0.3, 0.4) is 0 Å². The molecule has 0 bridgehead atoms. The zero-order chi connectivity index (χ0) is 23.8. The summed E-state index contributed by atoms with van der Waals surface area (Å²) in [6.07, 6.45) is 0.541. The molecule has 2 aromatic rings. The number of rotatable bonds is 9. The van der Waals surface area contributed by atoms with Gasteiger partial charge in [-0.3, -0.25) is 4.90 Å². The third-order valence-electron chi connectivity index (χ3n) is 6.19. The highest BCUT2D eigenvalue weighted by Crippen LogP contribution is 2.33. The third kappa shape index (κ3) is 6.40. The lowest BCUT2D eigenvalue weighted by Gasteiger charge is -2.36. The topological polar surface area (TPSA) is 80.7 Å². The number of fused-ring (bicyclic) bond motifs is 1. The number of ether oxygens (including phenoxy) is 4. The normalized spacial score (nSPS) is 19.9. The van der Waals surface area contributed by atoms with E-state index in [1.807, 2.05) is 42.5 Å². The van der Waals surface area contributed by atoms with Crippen LogP contribution in [0, 0.1) is 0 Å². The SMILES string of the molecule is COCCCN1CCOc2ccc(COC3CCC(O)N(C(=O)OCc4ccccc4)C3)cc21. The summed E-state index contributed by atoms with van der Waals surface area (Å²) in [7, 11) is 1.72. The van der Waals surface area contributed by atoms with E-state index in [9.17, 15) is 9.90 Å². The van der Waals surface area contributed by atoms with Crippen LogP contribution < -0.4 is 9.64 Å². The maximum Gasteiger partial charge on any atom is 0.412 e. The van der Waals surface area contributed by atoms with Gasteiger partial charge in [0.15, 0.2) is 0 Å². The molecule has 2 atom stereocenters. The molecule has 1 fully saturated rings. The number of aliphatic hydroxyl groups is 1. The second-order valence-corrected chi connectivity index (χ2v) is 8.67. The van der Waals surface area contributed by atoms with Gasteiger partial charge in [-0.15, -0.1) is 0 Å². The molecular weight excluding hydrogens is 436 g/mol. The van der Waals surface area contributed by atoms with Crippen LogP contribution in [0.15, 0.2) is 48.5 Å². The van der Waals surface area contributed by atoms with E-state index < -0.39 is 12.3 Å². The van der Waals surface area contributed by atoms with E-state index in [1.54, 1.807) is 7.11 Å². The Bertz CT molecular complexity index is 925. The van der Waals surface area contributed by atoms with Crippen molar-refractivity contribution in [2.75, 3.05) is 44.9 Å².